The lowest BCUT2D eigenvalue weighted by Gasteiger charge is -2.34. The summed E-state index contributed by atoms with van der Waals surface area (Å²) in [5.41, 5.74) is 1.38. The lowest BCUT2D eigenvalue weighted by Crippen LogP contribution is -2.47. The van der Waals surface area contributed by atoms with Gasteiger partial charge in [-0.15, -0.1) is 0 Å². The van der Waals surface area contributed by atoms with Crippen molar-refractivity contribution in [1.82, 2.24) is 19.4 Å². The maximum atomic E-state index is 12.5. The minimum atomic E-state index is -3.82. The van der Waals surface area contributed by atoms with Crippen molar-refractivity contribution in [3.05, 3.63) is 64.2 Å². The summed E-state index contributed by atoms with van der Waals surface area (Å²) in [6, 6.07) is 14.4. The average Bonchev–Trinajstić information content (AvgIpc) is 2.80. The summed E-state index contributed by atoms with van der Waals surface area (Å²) in [5.74, 6) is 0. The fourth-order valence-corrected chi connectivity index (χ4v) is 4.87. The number of hydrogen-bond acceptors (Lipinski definition) is 8. The first-order valence-electron chi connectivity index (χ1n) is 11.4. The Hall–Kier alpha value is -2.57. The van der Waals surface area contributed by atoms with Crippen molar-refractivity contribution in [3.63, 3.8) is 0 Å². The standard InChI is InChI=1S/C23H34N6O4S/c1-26(2)12-11-25-34(32,33)21-8-9-22(23(18-21)29(30)31)24-10-13-27-14-16-28(17-15-27)19-20-6-4-3-5-7-20/h3-9,18,24-25H,10-17,19H2,1-2H3. The third kappa shape index (κ3) is 7.74. The quantitative estimate of drug-likeness (QED) is 0.341. The highest BCUT2D eigenvalue weighted by Crippen LogP contribution is 2.27. The van der Waals surface area contributed by atoms with E-state index in [1.165, 1.54) is 17.7 Å². The van der Waals surface area contributed by atoms with E-state index in [-0.39, 0.29) is 17.1 Å². The molecule has 34 heavy (non-hydrogen) atoms. The Bertz CT molecular complexity index is 1040. The molecule has 0 saturated carbocycles. The van der Waals surface area contributed by atoms with Crippen molar-refractivity contribution in [2.45, 2.75) is 11.4 Å². The van der Waals surface area contributed by atoms with Gasteiger partial charge in [0, 0.05) is 65.0 Å². The third-order valence-corrected chi connectivity index (χ3v) is 7.24. The van der Waals surface area contributed by atoms with Crippen LogP contribution in [-0.2, 0) is 16.6 Å². The second-order valence-corrected chi connectivity index (χ2v) is 10.4. The Morgan fingerprint density at radius 1 is 1.00 bits per heavy atom. The SMILES string of the molecule is CN(C)CCNS(=O)(=O)c1ccc(NCCN2CCN(Cc3ccccc3)CC2)c([N+](=O)[O-])c1. The molecule has 0 radical (unpaired) electrons. The van der Waals surface area contributed by atoms with Gasteiger partial charge in [-0.05, 0) is 31.8 Å². The molecule has 1 fully saturated rings. The number of nitro benzene ring substituents is 1. The molecule has 0 atom stereocenters. The summed E-state index contributed by atoms with van der Waals surface area (Å²) >= 11 is 0. The predicted molar refractivity (Wildman–Crippen MR) is 133 cm³/mol. The Labute approximate surface area is 201 Å². The molecule has 186 valence electrons. The maximum Gasteiger partial charge on any atom is 0.293 e. The number of likely N-dealkylation sites (N-methyl/N-ethyl adjacent to an activating group) is 1. The zero-order valence-electron chi connectivity index (χ0n) is 19.8. The number of nitrogens with one attached hydrogen (secondary N) is 2. The molecule has 0 spiro atoms. The molecule has 0 aliphatic carbocycles. The van der Waals surface area contributed by atoms with E-state index in [0.29, 0.717) is 18.8 Å². The highest BCUT2D eigenvalue weighted by atomic mass is 32.2. The molecule has 10 nitrogen and oxygen atoms in total. The molecule has 1 heterocycles. The fourth-order valence-electron chi connectivity index (χ4n) is 3.83. The normalized spacial score (nSPS) is 15.5. The molecule has 11 heteroatoms. The van der Waals surface area contributed by atoms with Crippen LogP contribution in [0.2, 0.25) is 0 Å². The molecule has 0 unspecified atom stereocenters. The number of benzene rings is 2. The van der Waals surface area contributed by atoms with Crippen LogP contribution in [0.3, 0.4) is 0 Å². The highest BCUT2D eigenvalue weighted by Gasteiger charge is 2.22. The van der Waals surface area contributed by atoms with E-state index in [1.807, 2.05) is 25.1 Å². The van der Waals surface area contributed by atoms with Gasteiger partial charge >= 0.3 is 0 Å². The lowest BCUT2D eigenvalue weighted by atomic mass is 10.2. The number of nitrogens with zero attached hydrogens (tertiary/aromatic N) is 4. The zero-order valence-corrected chi connectivity index (χ0v) is 20.6. The van der Waals surface area contributed by atoms with Gasteiger partial charge in [-0.2, -0.15) is 0 Å². The van der Waals surface area contributed by atoms with E-state index >= 15 is 0 Å². The number of anilines is 1. The van der Waals surface area contributed by atoms with Gasteiger partial charge in [0.1, 0.15) is 5.69 Å². The number of hydrogen-bond donors (Lipinski definition) is 2. The number of rotatable bonds is 12. The summed E-state index contributed by atoms with van der Waals surface area (Å²) in [4.78, 5) is 17.5. The van der Waals surface area contributed by atoms with Gasteiger partial charge in [-0.1, -0.05) is 30.3 Å². The van der Waals surface area contributed by atoms with Gasteiger partial charge in [0.05, 0.1) is 9.82 Å². The predicted octanol–water partition coefficient (Wildman–Crippen LogP) is 1.66. The molecule has 1 saturated heterocycles. The molecule has 0 amide bonds. The molecule has 0 bridgehead atoms. The Morgan fingerprint density at radius 2 is 1.68 bits per heavy atom. The van der Waals surface area contributed by atoms with E-state index in [0.717, 1.165) is 45.3 Å². The first-order chi connectivity index (χ1) is 16.2. The smallest absolute Gasteiger partial charge is 0.293 e. The van der Waals surface area contributed by atoms with E-state index in [4.69, 9.17) is 0 Å². The van der Waals surface area contributed by atoms with Crippen LogP contribution in [0, 0.1) is 10.1 Å². The topological polar surface area (TPSA) is 111 Å². The van der Waals surface area contributed by atoms with Gasteiger partial charge < -0.3 is 10.2 Å². The molecule has 2 aromatic rings. The zero-order chi connectivity index (χ0) is 24.6. The lowest BCUT2D eigenvalue weighted by molar-refractivity contribution is -0.384. The van der Waals surface area contributed by atoms with Gasteiger partial charge in [-0.25, -0.2) is 13.1 Å². The van der Waals surface area contributed by atoms with Crippen LogP contribution >= 0.6 is 0 Å². The van der Waals surface area contributed by atoms with Gasteiger partial charge in [-0.3, -0.25) is 19.9 Å². The Morgan fingerprint density at radius 3 is 2.32 bits per heavy atom. The molecule has 2 aromatic carbocycles. The van der Waals surface area contributed by atoms with Crippen molar-refractivity contribution >= 4 is 21.4 Å². The number of piperazine rings is 1. The summed E-state index contributed by atoms with van der Waals surface area (Å²) in [6.45, 7) is 6.81. The van der Waals surface area contributed by atoms with E-state index in [2.05, 4.69) is 44.1 Å². The van der Waals surface area contributed by atoms with Crippen LogP contribution in [0.5, 0.6) is 0 Å². The van der Waals surface area contributed by atoms with Crippen LogP contribution < -0.4 is 10.0 Å². The van der Waals surface area contributed by atoms with Gasteiger partial charge in [0.2, 0.25) is 10.0 Å². The van der Waals surface area contributed by atoms with Crippen molar-refractivity contribution in [1.29, 1.82) is 0 Å². The minimum absolute atomic E-state index is 0.113. The highest BCUT2D eigenvalue weighted by molar-refractivity contribution is 7.89. The van der Waals surface area contributed by atoms with Crippen molar-refractivity contribution in [3.8, 4) is 0 Å². The van der Waals surface area contributed by atoms with Crippen molar-refractivity contribution in [2.75, 3.05) is 71.8 Å². The van der Waals surface area contributed by atoms with Crippen LogP contribution in [-0.4, -0.2) is 94.5 Å². The fraction of sp³-hybridized carbons (Fsp3) is 0.478. The van der Waals surface area contributed by atoms with Crippen LogP contribution in [0.1, 0.15) is 5.56 Å². The van der Waals surface area contributed by atoms with Crippen molar-refractivity contribution < 1.29 is 13.3 Å². The van der Waals surface area contributed by atoms with Crippen LogP contribution in [0.4, 0.5) is 11.4 Å². The van der Waals surface area contributed by atoms with E-state index in [9.17, 15) is 18.5 Å². The first kappa shape index (κ1) is 26.0. The van der Waals surface area contributed by atoms with E-state index < -0.39 is 14.9 Å². The van der Waals surface area contributed by atoms with E-state index in [1.54, 1.807) is 0 Å². The average molecular weight is 491 g/mol. The Kier molecular flexibility index (Phi) is 9.36. The monoisotopic (exact) mass is 490 g/mol. The molecule has 1 aliphatic heterocycles. The van der Waals surface area contributed by atoms with Gasteiger partial charge in [0.25, 0.3) is 5.69 Å². The largest absolute Gasteiger partial charge is 0.378 e. The third-order valence-electron chi connectivity index (χ3n) is 5.78. The second kappa shape index (κ2) is 12.2. The maximum absolute atomic E-state index is 12.5. The molecular weight excluding hydrogens is 456 g/mol. The molecule has 3 rings (SSSR count). The first-order valence-corrected chi connectivity index (χ1v) is 12.9. The van der Waals surface area contributed by atoms with Gasteiger partial charge in [0.15, 0.2) is 0 Å². The van der Waals surface area contributed by atoms with Crippen LogP contribution in [0.25, 0.3) is 0 Å². The second-order valence-electron chi connectivity index (χ2n) is 8.67. The molecular formula is C23H34N6O4S. The summed E-state index contributed by atoms with van der Waals surface area (Å²) in [7, 11) is -0.141. The molecule has 1 aliphatic rings. The van der Waals surface area contributed by atoms with Crippen molar-refractivity contribution in [2.24, 2.45) is 0 Å². The summed E-state index contributed by atoms with van der Waals surface area (Å²) < 4.78 is 27.4. The molecule has 0 aromatic heterocycles. The minimum Gasteiger partial charge on any atom is -0.378 e. The Balaban J connectivity index is 1.50. The number of nitro groups is 1. The summed E-state index contributed by atoms with van der Waals surface area (Å²) in [6.07, 6.45) is 0. The summed E-state index contributed by atoms with van der Waals surface area (Å²) in [5, 5.41) is 14.7. The number of sulfonamides is 1. The molecule has 2 N–H and O–H groups in total. The van der Waals surface area contributed by atoms with Crippen LogP contribution in [0.15, 0.2) is 53.4 Å².